The third-order valence-corrected chi connectivity index (χ3v) is 2.97. The number of hydrogen-bond donors (Lipinski definition) is 0. The third-order valence-electron chi connectivity index (χ3n) is 2.97. The Labute approximate surface area is 91.5 Å². The summed E-state index contributed by atoms with van der Waals surface area (Å²) in [5, 5.41) is 4.47. The number of ketones is 1. The van der Waals surface area contributed by atoms with E-state index in [1.54, 1.807) is 6.92 Å². The zero-order chi connectivity index (χ0) is 11.6. The van der Waals surface area contributed by atoms with Gasteiger partial charge in [0.25, 0.3) is 0 Å². The van der Waals surface area contributed by atoms with Gasteiger partial charge in [-0.2, -0.15) is 5.10 Å². The van der Waals surface area contributed by atoms with Gasteiger partial charge in [0.15, 0.2) is 5.78 Å². The molecule has 3 heteroatoms. The number of rotatable bonds is 4. The molecule has 84 valence electrons. The maximum atomic E-state index is 11.4. The van der Waals surface area contributed by atoms with Gasteiger partial charge in [0.1, 0.15) is 0 Å². The van der Waals surface area contributed by atoms with Gasteiger partial charge in [-0.1, -0.05) is 13.8 Å². The van der Waals surface area contributed by atoms with Crippen molar-refractivity contribution in [1.29, 1.82) is 0 Å². The molecule has 0 saturated carbocycles. The van der Waals surface area contributed by atoms with Crippen molar-refractivity contribution in [2.75, 3.05) is 0 Å². The van der Waals surface area contributed by atoms with Gasteiger partial charge in [0.2, 0.25) is 0 Å². The Hall–Kier alpha value is -1.12. The van der Waals surface area contributed by atoms with Gasteiger partial charge in [0, 0.05) is 5.69 Å². The number of carbonyl (C=O) groups excluding carboxylic acids is 1. The maximum Gasteiger partial charge on any atom is 0.163 e. The molecule has 0 bridgehead atoms. The lowest BCUT2D eigenvalue weighted by Gasteiger charge is -2.15. The fraction of sp³-hybridized carbons (Fsp3) is 0.667. The summed E-state index contributed by atoms with van der Waals surface area (Å²) in [7, 11) is 0. The van der Waals surface area contributed by atoms with E-state index in [9.17, 15) is 4.79 Å². The summed E-state index contributed by atoms with van der Waals surface area (Å²) >= 11 is 0. The van der Waals surface area contributed by atoms with Crippen LogP contribution in [0, 0.1) is 13.8 Å². The van der Waals surface area contributed by atoms with Crippen molar-refractivity contribution in [3.8, 4) is 0 Å². The van der Waals surface area contributed by atoms with Crippen LogP contribution in [0.1, 0.15) is 61.4 Å². The van der Waals surface area contributed by atoms with Gasteiger partial charge >= 0.3 is 0 Å². The molecule has 0 amide bonds. The Morgan fingerprint density at radius 1 is 1.33 bits per heavy atom. The summed E-state index contributed by atoms with van der Waals surface area (Å²) in [4.78, 5) is 11.4. The zero-order valence-electron chi connectivity index (χ0n) is 10.3. The molecule has 1 aromatic rings. The molecular formula is C12H20N2O. The van der Waals surface area contributed by atoms with E-state index in [0.717, 1.165) is 29.8 Å². The zero-order valence-corrected chi connectivity index (χ0v) is 10.3. The summed E-state index contributed by atoms with van der Waals surface area (Å²) in [6, 6.07) is 0.414. The van der Waals surface area contributed by atoms with Gasteiger partial charge in [-0.25, -0.2) is 0 Å². The maximum absolute atomic E-state index is 11.4. The van der Waals surface area contributed by atoms with Crippen LogP contribution in [0.25, 0.3) is 0 Å². The standard InChI is InChI=1S/C12H20N2O/c1-6-11(7-2)14-9(4)12(10(5)15)8(3)13-14/h11H,6-7H2,1-5H3. The van der Waals surface area contributed by atoms with Gasteiger partial charge in [-0.15, -0.1) is 0 Å². The Bertz CT molecular complexity index is 362. The highest BCUT2D eigenvalue weighted by atomic mass is 16.1. The monoisotopic (exact) mass is 208 g/mol. The molecule has 0 N–H and O–H groups in total. The van der Waals surface area contributed by atoms with E-state index in [1.165, 1.54) is 0 Å². The number of hydrogen-bond acceptors (Lipinski definition) is 2. The van der Waals surface area contributed by atoms with E-state index in [0.29, 0.717) is 6.04 Å². The second kappa shape index (κ2) is 4.60. The van der Waals surface area contributed by atoms with Crippen LogP contribution in [0.5, 0.6) is 0 Å². The highest BCUT2D eigenvalue weighted by Crippen LogP contribution is 2.21. The minimum atomic E-state index is 0.113. The fourth-order valence-electron chi connectivity index (χ4n) is 2.16. The van der Waals surface area contributed by atoms with Crippen LogP contribution in [0.4, 0.5) is 0 Å². The predicted molar refractivity (Wildman–Crippen MR) is 61.3 cm³/mol. The minimum Gasteiger partial charge on any atom is -0.294 e. The van der Waals surface area contributed by atoms with Gasteiger partial charge < -0.3 is 0 Å². The predicted octanol–water partition coefficient (Wildman–Crippen LogP) is 3.06. The summed E-state index contributed by atoms with van der Waals surface area (Å²) in [6.07, 6.45) is 2.10. The van der Waals surface area contributed by atoms with Crippen LogP contribution in [0.2, 0.25) is 0 Å². The van der Waals surface area contributed by atoms with Gasteiger partial charge in [-0.3, -0.25) is 9.48 Å². The lowest BCUT2D eigenvalue weighted by Crippen LogP contribution is -2.11. The highest BCUT2D eigenvalue weighted by molar-refractivity contribution is 5.96. The molecule has 0 unspecified atom stereocenters. The molecule has 0 aliphatic carbocycles. The summed E-state index contributed by atoms with van der Waals surface area (Å²) in [5.41, 5.74) is 2.66. The number of aryl methyl sites for hydroxylation is 1. The van der Waals surface area contributed by atoms with Crippen LogP contribution < -0.4 is 0 Å². The summed E-state index contributed by atoms with van der Waals surface area (Å²) < 4.78 is 2.01. The molecule has 0 saturated heterocycles. The van der Waals surface area contributed by atoms with Crippen molar-refractivity contribution in [2.24, 2.45) is 0 Å². The molecule has 0 aliphatic heterocycles. The molecule has 0 radical (unpaired) electrons. The van der Waals surface area contributed by atoms with Crippen molar-refractivity contribution in [3.63, 3.8) is 0 Å². The molecule has 1 aromatic heterocycles. The molecule has 0 atom stereocenters. The molecule has 0 aromatic carbocycles. The van der Waals surface area contributed by atoms with Crippen molar-refractivity contribution < 1.29 is 4.79 Å². The second-order valence-electron chi connectivity index (χ2n) is 4.02. The molecule has 0 aliphatic rings. The van der Waals surface area contributed by atoms with E-state index in [4.69, 9.17) is 0 Å². The Balaban J connectivity index is 3.22. The molecule has 1 rings (SSSR count). The van der Waals surface area contributed by atoms with E-state index in [-0.39, 0.29) is 5.78 Å². The first kappa shape index (κ1) is 12.0. The summed E-state index contributed by atoms with van der Waals surface area (Å²) in [5.74, 6) is 0.113. The van der Waals surface area contributed by atoms with Crippen molar-refractivity contribution in [3.05, 3.63) is 17.0 Å². The molecule has 0 fully saturated rings. The molecule has 15 heavy (non-hydrogen) atoms. The van der Waals surface area contributed by atoms with E-state index >= 15 is 0 Å². The summed E-state index contributed by atoms with van der Waals surface area (Å²) in [6.45, 7) is 9.79. The number of aromatic nitrogens is 2. The molecule has 1 heterocycles. The van der Waals surface area contributed by atoms with Crippen LogP contribution in [0.15, 0.2) is 0 Å². The quantitative estimate of drug-likeness (QED) is 0.713. The first-order valence-electron chi connectivity index (χ1n) is 5.59. The van der Waals surface area contributed by atoms with Crippen LogP contribution in [0.3, 0.4) is 0 Å². The Kier molecular flexibility index (Phi) is 3.66. The molecule has 0 spiro atoms. The lowest BCUT2D eigenvalue weighted by atomic mass is 10.1. The van der Waals surface area contributed by atoms with Crippen LogP contribution >= 0.6 is 0 Å². The van der Waals surface area contributed by atoms with Crippen molar-refractivity contribution in [2.45, 2.75) is 53.5 Å². The smallest absolute Gasteiger partial charge is 0.163 e. The molecule has 3 nitrogen and oxygen atoms in total. The van der Waals surface area contributed by atoms with E-state index in [2.05, 4.69) is 18.9 Å². The van der Waals surface area contributed by atoms with Crippen molar-refractivity contribution >= 4 is 5.78 Å². The number of nitrogens with zero attached hydrogens (tertiary/aromatic N) is 2. The van der Waals surface area contributed by atoms with E-state index in [1.807, 2.05) is 18.5 Å². The molecular weight excluding hydrogens is 188 g/mol. The lowest BCUT2D eigenvalue weighted by molar-refractivity contribution is 0.101. The van der Waals surface area contributed by atoms with Gasteiger partial charge in [0.05, 0.1) is 17.3 Å². The average molecular weight is 208 g/mol. The van der Waals surface area contributed by atoms with E-state index < -0.39 is 0 Å². The number of Topliss-reactive ketones (excluding diaryl/α,β-unsaturated/α-hetero) is 1. The first-order valence-corrected chi connectivity index (χ1v) is 5.59. The normalized spacial score (nSPS) is 11.1. The fourth-order valence-corrected chi connectivity index (χ4v) is 2.16. The van der Waals surface area contributed by atoms with Crippen molar-refractivity contribution in [1.82, 2.24) is 9.78 Å². The Morgan fingerprint density at radius 3 is 2.20 bits per heavy atom. The third kappa shape index (κ3) is 2.11. The van der Waals surface area contributed by atoms with Gasteiger partial charge in [-0.05, 0) is 33.6 Å². The average Bonchev–Trinajstić information content (AvgIpc) is 2.44. The topological polar surface area (TPSA) is 34.9 Å². The van der Waals surface area contributed by atoms with Crippen LogP contribution in [-0.4, -0.2) is 15.6 Å². The Morgan fingerprint density at radius 2 is 1.87 bits per heavy atom. The largest absolute Gasteiger partial charge is 0.294 e. The SMILES string of the molecule is CCC(CC)n1nc(C)c(C(C)=O)c1C. The highest BCUT2D eigenvalue weighted by Gasteiger charge is 2.18. The first-order chi connectivity index (χ1) is 7.02. The number of carbonyl (C=O) groups is 1. The second-order valence-corrected chi connectivity index (χ2v) is 4.02. The minimum absolute atomic E-state index is 0.113. The van der Waals surface area contributed by atoms with Crippen LogP contribution in [-0.2, 0) is 0 Å².